The molecule has 0 heterocycles. The van der Waals surface area contributed by atoms with Gasteiger partial charge in [-0.05, 0) is 25.7 Å². The lowest BCUT2D eigenvalue weighted by Crippen LogP contribution is -2.15. The van der Waals surface area contributed by atoms with Crippen LogP contribution in [0.5, 0.6) is 0 Å². The normalized spacial score (nSPS) is 26.1. The predicted molar refractivity (Wildman–Crippen MR) is 52.8 cm³/mol. The van der Waals surface area contributed by atoms with E-state index < -0.39 is 0 Å². The molecule has 3 heteroatoms. The highest BCUT2D eigenvalue weighted by Crippen LogP contribution is 2.26. The second-order valence-electron chi connectivity index (χ2n) is 3.92. The van der Waals surface area contributed by atoms with Crippen LogP contribution in [0.15, 0.2) is 0 Å². The molecule has 1 aliphatic rings. The van der Waals surface area contributed by atoms with Crippen LogP contribution in [0, 0.1) is 5.92 Å². The van der Waals surface area contributed by atoms with Crippen molar-refractivity contribution < 1.29 is 14.3 Å². The molecule has 3 nitrogen and oxygen atoms in total. The monoisotopic (exact) mass is 198 g/mol. The topological polar surface area (TPSA) is 43.4 Å². The summed E-state index contributed by atoms with van der Waals surface area (Å²) < 4.78 is 5.25. The number of aldehydes is 1. The summed E-state index contributed by atoms with van der Waals surface area (Å²) in [5.41, 5.74) is 0. The van der Waals surface area contributed by atoms with Gasteiger partial charge in [-0.15, -0.1) is 0 Å². The number of hydrogen-bond donors (Lipinski definition) is 0. The van der Waals surface area contributed by atoms with Gasteiger partial charge < -0.3 is 9.53 Å². The number of carbonyl (C=O) groups excluding carboxylic acids is 2. The zero-order valence-electron chi connectivity index (χ0n) is 8.70. The maximum absolute atomic E-state index is 11.2. The summed E-state index contributed by atoms with van der Waals surface area (Å²) >= 11 is 0. The van der Waals surface area contributed by atoms with Gasteiger partial charge in [0.25, 0.3) is 0 Å². The third-order valence-electron chi connectivity index (χ3n) is 2.65. The van der Waals surface area contributed by atoms with Crippen molar-refractivity contribution in [2.24, 2.45) is 5.92 Å². The summed E-state index contributed by atoms with van der Waals surface area (Å²) in [7, 11) is 0. The van der Waals surface area contributed by atoms with E-state index in [0.717, 1.165) is 38.4 Å². The molecule has 0 bridgehead atoms. The molecule has 0 spiro atoms. The van der Waals surface area contributed by atoms with E-state index in [1.165, 1.54) is 0 Å². The van der Waals surface area contributed by atoms with Crippen LogP contribution in [0.3, 0.4) is 0 Å². The highest BCUT2D eigenvalue weighted by Gasteiger charge is 2.26. The molecule has 0 aromatic heterocycles. The highest BCUT2D eigenvalue weighted by molar-refractivity contribution is 5.69. The molecule has 1 rings (SSSR count). The number of ether oxygens (including phenoxy) is 1. The largest absolute Gasteiger partial charge is 0.462 e. The van der Waals surface area contributed by atoms with E-state index in [-0.39, 0.29) is 18.0 Å². The number of carbonyl (C=O) groups is 2. The SMILES string of the molecule is CCCCC(=O)OC1CCC(C=O)C1. The third-order valence-corrected chi connectivity index (χ3v) is 2.65. The van der Waals surface area contributed by atoms with Crippen molar-refractivity contribution >= 4 is 12.3 Å². The smallest absolute Gasteiger partial charge is 0.306 e. The van der Waals surface area contributed by atoms with Gasteiger partial charge in [-0.1, -0.05) is 13.3 Å². The first kappa shape index (κ1) is 11.2. The molecular weight excluding hydrogens is 180 g/mol. The number of unbranched alkanes of at least 4 members (excludes halogenated alkanes) is 1. The average molecular weight is 198 g/mol. The van der Waals surface area contributed by atoms with E-state index in [0.29, 0.717) is 6.42 Å². The Morgan fingerprint density at radius 2 is 2.29 bits per heavy atom. The van der Waals surface area contributed by atoms with Gasteiger partial charge >= 0.3 is 5.97 Å². The van der Waals surface area contributed by atoms with Crippen LogP contribution in [0.1, 0.15) is 45.4 Å². The minimum Gasteiger partial charge on any atom is -0.462 e. The molecule has 0 saturated heterocycles. The van der Waals surface area contributed by atoms with Crippen molar-refractivity contribution in [3.63, 3.8) is 0 Å². The van der Waals surface area contributed by atoms with E-state index >= 15 is 0 Å². The molecule has 14 heavy (non-hydrogen) atoms. The van der Waals surface area contributed by atoms with E-state index in [1.807, 2.05) is 6.92 Å². The molecule has 0 aromatic carbocycles. The first-order valence-corrected chi connectivity index (χ1v) is 5.41. The lowest BCUT2D eigenvalue weighted by Gasteiger charge is -2.10. The summed E-state index contributed by atoms with van der Waals surface area (Å²) in [4.78, 5) is 21.7. The second kappa shape index (κ2) is 5.78. The molecule has 0 N–H and O–H groups in total. The Balaban J connectivity index is 2.18. The fourth-order valence-electron chi connectivity index (χ4n) is 1.77. The molecule has 1 aliphatic carbocycles. The summed E-state index contributed by atoms with van der Waals surface area (Å²) in [6, 6.07) is 0. The van der Waals surface area contributed by atoms with Crippen molar-refractivity contribution in [3.8, 4) is 0 Å². The van der Waals surface area contributed by atoms with Gasteiger partial charge in [0.15, 0.2) is 0 Å². The number of rotatable bonds is 5. The van der Waals surface area contributed by atoms with Gasteiger partial charge in [0.1, 0.15) is 12.4 Å². The predicted octanol–water partition coefficient (Wildman–Crippen LogP) is 2.09. The quantitative estimate of drug-likeness (QED) is 0.502. The first-order valence-electron chi connectivity index (χ1n) is 5.41. The van der Waals surface area contributed by atoms with Crippen molar-refractivity contribution in [1.82, 2.24) is 0 Å². The first-order chi connectivity index (χ1) is 6.76. The van der Waals surface area contributed by atoms with Crippen molar-refractivity contribution in [1.29, 1.82) is 0 Å². The Morgan fingerprint density at radius 3 is 2.86 bits per heavy atom. The third kappa shape index (κ3) is 3.48. The maximum atomic E-state index is 11.2. The van der Waals surface area contributed by atoms with Gasteiger partial charge in [-0.2, -0.15) is 0 Å². The van der Waals surface area contributed by atoms with Crippen LogP contribution in [0.25, 0.3) is 0 Å². The Hall–Kier alpha value is -0.860. The van der Waals surface area contributed by atoms with Crippen molar-refractivity contribution in [2.45, 2.75) is 51.6 Å². The van der Waals surface area contributed by atoms with E-state index in [4.69, 9.17) is 4.74 Å². The minimum absolute atomic E-state index is 0.00504. The molecule has 0 amide bonds. The van der Waals surface area contributed by atoms with Crippen LogP contribution in [-0.4, -0.2) is 18.4 Å². The zero-order valence-corrected chi connectivity index (χ0v) is 8.70. The molecule has 0 aromatic rings. The van der Waals surface area contributed by atoms with Crippen LogP contribution < -0.4 is 0 Å². The summed E-state index contributed by atoms with van der Waals surface area (Å²) in [6.07, 6.45) is 5.82. The summed E-state index contributed by atoms with van der Waals surface area (Å²) in [5, 5.41) is 0. The molecule has 80 valence electrons. The zero-order chi connectivity index (χ0) is 10.4. The molecule has 1 fully saturated rings. The Bertz CT molecular complexity index is 201. The van der Waals surface area contributed by atoms with Gasteiger partial charge in [0, 0.05) is 12.3 Å². The van der Waals surface area contributed by atoms with Gasteiger partial charge in [0.05, 0.1) is 0 Å². The van der Waals surface area contributed by atoms with Gasteiger partial charge in [0.2, 0.25) is 0 Å². The number of hydrogen-bond acceptors (Lipinski definition) is 3. The van der Waals surface area contributed by atoms with E-state index in [1.54, 1.807) is 0 Å². The fraction of sp³-hybridized carbons (Fsp3) is 0.818. The van der Waals surface area contributed by atoms with Crippen LogP contribution >= 0.6 is 0 Å². The molecular formula is C11H18O3. The summed E-state index contributed by atoms with van der Waals surface area (Å²) in [5.74, 6) is 0.00220. The van der Waals surface area contributed by atoms with Crippen LogP contribution in [0.2, 0.25) is 0 Å². The highest BCUT2D eigenvalue weighted by atomic mass is 16.5. The molecule has 0 aliphatic heterocycles. The van der Waals surface area contributed by atoms with E-state index in [9.17, 15) is 9.59 Å². The van der Waals surface area contributed by atoms with Gasteiger partial charge in [-0.3, -0.25) is 4.79 Å². The molecule has 1 saturated carbocycles. The maximum Gasteiger partial charge on any atom is 0.306 e. The minimum atomic E-state index is -0.108. The van der Waals surface area contributed by atoms with Crippen LogP contribution in [0.4, 0.5) is 0 Å². The Kier molecular flexibility index (Phi) is 4.63. The fourth-order valence-corrected chi connectivity index (χ4v) is 1.77. The van der Waals surface area contributed by atoms with Gasteiger partial charge in [-0.25, -0.2) is 0 Å². The lowest BCUT2D eigenvalue weighted by atomic mass is 10.1. The van der Waals surface area contributed by atoms with Crippen molar-refractivity contribution in [2.75, 3.05) is 0 Å². The lowest BCUT2D eigenvalue weighted by molar-refractivity contribution is -0.149. The standard InChI is InChI=1S/C11H18O3/c1-2-3-4-11(13)14-10-6-5-9(7-10)8-12/h8-10H,2-7H2,1H3. The average Bonchev–Trinajstić information content (AvgIpc) is 2.62. The van der Waals surface area contributed by atoms with E-state index in [2.05, 4.69) is 0 Å². The van der Waals surface area contributed by atoms with Crippen molar-refractivity contribution in [3.05, 3.63) is 0 Å². The molecule has 2 atom stereocenters. The van der Waals surface area contributed by atoms with Crippen LogP contribution in [-0.2, 0) is 14.3 Å². The molecule has 2 unspecified atom stereocenters. The second-order valence-corrected chi connectivity index (χ2v) is 3.92. The molecule has 0 radical (unpaired) electrons. The number of esters is 1. The summed E-state index contributed by atoms with van der Waals surface area (Å²) in [6.45, 7) is 2.05. The Labute approximate surface area is 84.8 Å². The Morgan fingerprint density at radius 1 is 1.50 bits per heavy atom.